The molecular formula is C10H26N2O2. The maximum absolute atomic E-state index is 8.72. The lowest BCUT2D eigenvalue weighted by atomic mass is 10.1. The Morgan fingerprint density at radius 3 is 1.29 bits per heavy atom. The van der Waals surface area contributed by atoms with Gasteiger partial charge in [-0.3, -0.25) is 0 Å². The molecule has 0 amide bonds. The Balaban J connectivity index is 0. The number of aliphatic hydroxyl groups is 2. The molecular weight excluding hydrogens is 180 g/mol. The van der Waals surface area contributed by atoms with Crippen LogP contribution in [0.4, 0.5) is 0 Å². The van der Waals surface area contributed by atoms with Crippen molar-refractivity contribution in [1.82, 2.24) is 4.90 Å². The Morgan fingerprint density at radius 2 is 1.29 bits per heavy atom. The molecule has 4 N–H and O–H groups in total. The third-order valence-corrected chi connectivity index (χ3v) is 2.01. The molecule has 0 aromatic carbocycles. The summed E-state index contributed by atoms with van der Waals surface area (Å²) in [5, 5.41) is 17.0. The highest BCUT2D eigenvalue weighted by Crippen LogP contribution is 2.06. The monoisotopic (exact) mass is 206 g/mol. The molecule has 0 bridgehead atoms. The maximum Gasteiger partial charge on any atom is 0.0609 e. The van der Waals surface area contributed by atoms with Gasteiger partial charge in [0.1, 0.15) is 0 Å². The van der Waals surface area contributed by atoms with Crippen molar-refractivity contribution in [3.8, 4) is 0 Å². The van der Waals surface area contributed by atoms with Gasteiger partial charge in [0.15, 0.2) is 0 Å². The summed E-state index contributed by atoms with van der Waals surface area (Å²) in [6.07, 6.45) is 0. The number of nitrogens with two attached hydrogens (primary N) is 1. The van der Waals surface area contributed by atoms with Crippen LogP contribution in [0.5, 0.6) is 0 Å². The van der Waals surface area contributed by atoms with Gasteiger partial charge in [0.25, 0.3) is 0 Å². The number of rotatable bonds is 3. The van der Waals surface area contributed by atoms with E-state index in [0.717, 1.165) is 0 Å². The zero-order valence-electron chi connectivity index (χ0n) is 10.3. The SMILES string of the molecule is CC(C)(N)CO.CN(C)C(C)(C)CO. The van der Waals surface area contributed by atoms with Gasteiger partial charge < -0.3 is 20.8 Å². The van der Waals surface area contributed by atoms with E-state index in [2.05, 4.69) is 0 Å². The Kier molecular flexibility index (Phi) is 7.38. The van der Waals surface area contributed by atoms with Crippen molar-refractivity contribution in [3.63, 3.8) is 0 Å². The molecule has 0 atom stereocenters. The van der Waals surface area contributed by atoms with Gasteiger partial charge in [-0.25, -0.2) is 0 Å². The summed E-state index contributed by atoms with van der Waals surface area (Å²) < 4.78 is 0. The fourth-order valence-electron chi connectivity index (χ4n) is 0.141. The topological polar surface area (TPSA) is 69.7 Å². The first kappa shape index (κ1) is 16.3. The van der Waals surface area contributed by atoms with E-state index in [1.807, 2.05) is 32.8 Å². The quantitative estimate of drug-likeness (QED) is 0.609. The minimum atomic E-state index is -0.403. The Hall–Kier alpha value is -0.160. The highest BCUT2D eigenvalue weighted by Gasteiger charge is 2.17. The van der Waals surface area contributed by atoms with Crippen LogP contribution in [0.2, 0.25) is 0 Å². The molecule has 0 aliphatic heterocycles. The molecule has 0 aromatic heterocycles. The van der Waals surface area contributed by atoms with Crippen molar-refractivity contribution in [3.05, 3.63) is 0 Å². The van der Waals surface area contributed by atoms with Crippen molar-refractivity contribution >= 4 is 0 Å². The summed E-state index contributed by atoms with van der Waals surface area (Å²) in [6.45, 7) is 7.78. The number of aliphatic hydroxyl groups excluding tert-OH is 2. The van der Waals surface area contributed by atoms with E-state index < -0.39 is 5.54 Å². The first-order valence-corrected chi connectivity index (χ1v) is 4.75. The van der Waals surface area contributed by atoms with Gasteiger partial charge in [-0.1, -0.05) is 0 Å². The number of hydrogen-bond donors (Lipinski definition) is 3. The third-order valence-electron chi connectivity index (χ3n) is 2.01. The van der Waals surface area contributed by atoms with Crippen LogP contribution >= 0.6 is 0 Å². The van der Waals surface area contributed by atoms with E-state index in [-0.39, 0.29) is 18.8 Å². The van der Waals surface area contributed by atoms with Crippen LogP contribution in [0.25, 0.3) is 0 Å². The highest BCUT2D eigenvalue weighted by molar-refractivity contribution is 4.74. The highest BCUT2D eigenvalue weighted by atomic mass is 16.3. The lowest BCUT2D eigenvalue weighted by Crippen LogP contribution is -2.41. The summed E-state index contributed by atoms with van der Waals surface area (Å²) in [5.41, 5.74) is 4.81. The van der Waals surface area contributed by atoms with E-state index in [4.69, 9.17) is 15.9 Å². The van der Waals surface area contributed by atoms with E-state index in [0.29, 0.717) is 0 Å². The first-order chi connectivity index (χ1) is 6.06. The van der Waals surface area contributed by atoms with Crippen molar-refractivity contribution in [2.45, 2.75) is 38.8 Å². The molecule has 4 nitrogen and oxygen atoms in total. The molecule has 0 fully saturated rings. The fourth-order valence-corrected chi connectivity index (χ4v) is 0.141. The summed E-state index contributed by atoms with van der Waals surface area (Å²) >= 11 is 0. The van der Waals surface area contributed by atoms with Gasteiger partial charge in [-0.15, -0.1) is 0 Å². The Labute approximate surface area is 87.7 Å². The molecule has 0 aromatic rings. The molecule has 0 rings (SSSR count). The van der Waals surface area contributed by atoms with Gasteiger partial charge in [0.2, 0.25) is 0 Å². The van der Waals surface area contributed by atoms with E-state index in [1.54, 1.807) is 13.8 Å². The van der Waals surface area contributed by atoms with Crippen molar-refractivity contribution < 1.29 is 10.2 Å². The second kappa shape index (κ2) is 6.35. The second-order valence-electron chi connectivity index (χ2n) is 5.01. The normalized spacial score (nSPS) is 12.4. The molecule has 0 unspecified atom stereocenters. The van der Waals surface area contributed by atoms with Gasteiger partial charge in [-0.05, 0) is 41.8 Å². The molecule has 14 heavy (non-hydrogen) atoms. The molecule has 88 valence electrons. The zero-order chi connectivity index (χ0) is 12.0. The average molecular weight is 206 g/mol. The van der Waals surface area contributed by atoms with Gasteiger partial charge in [-0.2, -0.15) is 0 Å². The van der Waals surface area contributed by atoms with Crippen LogP contribution in [-0.2, 0) is 0 Å². The lowest BCUT2D eigenvalue weighted by molar-refractivity contribution is 0.100. The smallest absolute Gasteiger partial charge is 0.0609 e. The van der Waals surface area contributed by atoms with Gasteiger partial charge in [0.05, 0.1) is 13.2 Å². The predicted octanol–water partition coefficient (Wildman–Crippen LogP) is 0.0349. The average Bonchev–Trinajstić information content (AvgIpc) is 2.04. The van der Waals surface area contributed by atoms with E-state index >= 15 is 0 Å². The molecule has 0 saturated heterocycles. The second-order valence-corrected chi connectivity index (χ2v) is 5.01. The molecule has 0 saturated carbocycles. The molecule has 0 radical (unpaired) electrons. The molecule has 4 heteroatoms. The standard InChI is InChI=1S/C6H15NO.C4H11NO/c1-6(2,5-8)7(3)4;1-4(2,5)3-6/h8H,5H2,1-4H3;6H,3,5H2,1-2H3. The minimum absolute atomic E-state index is 0.0486. The van der Waals surface area contributed by atoms with Gasteiger partial charge in [0, 0.05) is 11.1 Å². The molecule has 0 heterocycles. The van der Waals surface area contributed by atoms with Crippen LogP contribution in [0.3, 0.4) is 0 Å². The Bertz CT molecular complexity index is 140. The summed E-state index contributed by atoms with van der Waals surface area (Å²) in [6, 6.07) is 0. The fraction of sp³-hybridized carbons (Fsp3) is 1.00. The maximum atomic E-state index is 8.72. The van der Waals surface area contributed by atoms with Crippen LogP contribution < -0.4 is 5.73 Å². The Morgan fingerprint density at radius 1 is 1.00 bits per heavy atom. The van der Waals surface area contributed by atoms with Crippen molar-refractivity contribution in [2.24, 2.45) is 5.73 Å². The van der Waals surface area contributed by atoms with Crippen LogP contribution in [0.1, 0.15) is 27.7 Å². The molecule has 0 aliphatic rings. The minimum Gasteiger partial charge on any atom is -0.394 e. The molecule has 0 spiro atoms. The van der Waals surface area contributed by atoms with Crippen LogP contribution in [0.15, 0.2) is 0 Å². The van der Waals surface area contributed by atoms with Crippen molar-refractivity contribution in [2.75, 3.05) is 27.3 Å². The predicted molar refractivity (Wildman–Crippen MR) is 60.2 cm³/mol. The van der Waals surface area contributed by atoms with E-state index in [9.17, 15) is 0 Å². The lowest BCUT2D eigenvalue weighted by Gasteiger charge is -2.29. The summed E-state index contributed by atoms with van der Waals surface area (Å²) in [5.74, 6) is 0. The van der Waals surface area contributed by atoms with Crippen LogP contribution in [-0.4, -0.2) is 53.5 Å². The van der Waals surface area contributed by atoms with E-state index in [1.165, 1.54) is 0 Å². The zero-order valence-corrected chi connectivity index (χ0v) is 10.3. The van der Waals surface area contributed by atoms with Crippen molar-refractivity contribution in [1.29, 1.82) is 0 Å². The third kappa shape index (κ3) is 9.92. The number of likely N-dealkylation sites (N-methyl/N-ethyl adjacent to an activating group) is 1. The largest absolute Gasteiger partial charge is 0.394 e. The summed E-state index contributed by atoms with van der Waals surface area (Å²) in [4.78, 5) is 1.99. The van der Waals surface area contributed by atoms with Gasteiger partial charge >= 0.3 is 0 Å². The first-order valence-electron chi connectivity index (χ1n) is 4.75. The number of nitrogens with zero attached hydrogens (tertiary/aromatic N) is 1. The molecule has 0 aliphatic carbocycles. The van der Waals surface area contributed by atoms with Crippen LogP contribution in [0, 0.1) is 0 Å². The summed E-state index contributed by atoms with van der Waals surface area (Å²) in [7, 11) is 3.91. The number of hydrogen-bond acceptors (Lipinski definition) is 4.